The fourth-order valence-electron chi connectivity index (χ4n) is 1.79. The van der Waals surface area contributed by atoms with E-state index in [2.05, 4.69) is 4.98 Å². The minimum atomic E-state index is -3.89. The van der Waals surface area contributed by atoms with E-state index in [-0.39, 0.29) is 21.8 Å². The predicted octanol–water partition coefficient (Wildman–Crippen LogP) is 1.19. The molecule has 8 heteroatoms. The van der Waals surface area contributed by atoms with Gasteiger partial charge in [-0.05, 0) is 30.3 Å². The molecule has 0 bridgehead atoms. The Morgan fingerprint density at radius 2 is 2.05 bits per heavy atom. The first-order valence-electron chi connectivity index (χ1n) is 5.86. The van der Waals surface area contributed by atoms with Crippen molar-refractivity contribution in [1.29, 1.82) is 0 Å². The molecule has 21 heavy (non-hydrogen) atoms. The number of benzene rings is 1. The highest BCUT2D eigenvalue weighted by molar-refractivity contribution is 7.92. The lowest BCUT2D eigenvalue weighted by Crippen LogP contribution is -2.28. The summed E-state index contributed by atoms with van der Waals surface area (Å²) in [4.78, 5) is 15.0. The first kappa shape index (κ1) is 14.8. The van der Waals surface area contributed by atoms with Crippen molar-refractivity contribution in [3.8, 4) is 0 Å². The highest BCUT2D eigenvalue weighted by Crippen LogP contribution is 2.27. The largest absolute Gasteiger partial charge is 0.478 e. The lowest BCUT2D eigenvalue weighted by molar-refractivity contribution is 0.0698. The second-order valence-electron chi connectivity index (χ2n) is 4.24. The van der Waals surface area contributed by atoms with Gasteiger partial charge in [-0.2, -0.15) is 0 Å². The molecule has 0 atom stereocenters. The van der Waals surface area contributed by atoms with Gasteiger partial charge in [0.1, 0.15) is 4.90 Å². The number of aromatic carboxylic acids is 1. The SMILES string of the molecule is CN(c1ccc(N)cc1C(=O)O)S(=O)(=O)c1cccnc1. The van der Waals surface area contributed by atoms with Crippen LogP contribution in [0, 0.1) is 0 Å². The molecule has 0 saturated heterocycles. The fraction of sp³-hybridized carbons (Fsp3) is 0.0769. The number of nitrogens with zero attached hydrogens (tertiary/aromatic N) is 2. The summed E-state index contributed by atoms with van der Waals surface area (Å²) in [5.74, 6) is -1.26. The van der Waals surface area contributed by atoms with Gasteiger partial charge in [-0.3, -0.25) is 9.29 Å². The molecule has 0 fully saturated rings. The molecule has 1 aromatic carbocycles. The van der Waals surface area contributed by atoms with Crippen LogP contribution in [0.1, 0.15) is 10.4 Å². The Hall–Kier alpha value is -2.61. The van der Waals surface area contributed by atoms with Crippen LogP contribution in [0.4, 0.5) is 11.4 Å². The Balaban J connectivity index is 2.55. The summed E-state index contributed by atoms with van der Waals surface area (Å²) in [6.45, 7) is 0. The molecule has 2 aromatic rings. The number of nitrogen functional groups attached to an aromatic ring is 1. The Labute approximate surface area is 121 Å². The monoisotopic (exact) mass is 307 g/mol. The van der Waals surface area contributed by atoms with Gasteiger partial charge in [-0.25, -0.2) is 13.2 Å². The fourth-order valence-corrected chi connectivity index (χ4v) is 2.97. The normalized spacial score (nSPS) is 11.1. The zero-order valence-electron chi connectivity index (χ0n) is 11.1. The molecular weight excluding hydrogens is 294 g/mol. The number of anilines is 2. The molecule has 0 amide bonds. The van der Waals surface area contributed by atoms with E-state index in [4.69, 9.17) is 5.73 Å². The third kappa shape index (κ3) is 2.79. The molecule has 0 spiro atoms. The molecule has 7 nitrogen and oxygen atoms in total. The summed E-state index contributed by atoms with van der Waals surface area (Å²) in [5, 5.41) is 9.19. The van der Waals surface area contributed by atoms with Crippen molar-refractivity contribution in [3.63, 3.8) is 0 Å². The summed E-state index contributed by atoms with van der Waals surface area (Å²) < 4.78 is 25.8. The second kappa shape index (κ2) is 5.41. The first-order valence-corrected chi connectivity index (χ1v) is 7.30. The number of carboxylic acids is 1. The van der Waals surface area contributed by atoms with Gasteiger partial charge in [-0.15, -0.1) is 0 Å². The molecule has 0 saturated carbocycles. The van der Waals surface area contributed by atoms with Crippen LogP contribution in [-0.2, 0) is 10.0 Å². The lowest BCUT2D eigenvalue weighted by Gasteiger charge is -2.21. The molecule has 1 aromatic heterocycles. The molecule has 0 unspecified atom stereocenters. The minimum absolute atomic E-state index is 0.0272. The van der Waals surface area contributed by atoms with Crippen LogP contribution >= 0.6 is 0 Å². The van der Waals surface area contributed by atoms with Crippen LogP contribution in [0.25, 0.3) is 0 Å². The number of carbonyl (C=O) groups is 1. The van der Waals surface area contributed by atoms with Gasteiger partial charge in [0.25, 0.3) is 10.0 Å². The zero-order valence-corrected chi connectivity index (χ0v) is 11.9. The first-order chi connectivity index (χ1) is 9.84. The van der Waals surface area contributed by atoms with Crippen molar-refractivity contribution in [3.05, 3.63) is 48.3 Å². The van der Waals surface area contributed by atoms with Crippen LogP contribution in [-0.4, -0.2) is 31.5 Å². The molecule has 3 N–H and O–H groups in total. The highest BCUT2D eigenvalue weighted by Gasteiger charge is 2.25. The number of pyridine rings is 1. The van der Waals surface area contributed by atoms with Gasteiger partial charge in [0.2, 0.25) is 0 Å². The maximum absolute atomic E-state index is 12.5. The van der Waals surface area contributed by atoms with Crippen molar-refractivity contribution in [2.75, 3.05) is 17.1 Å². The lowest BCUT2D eigenvalue weighted by atomic mass is 10.1. The maximum Gasteiger partial charge on any atom is 0.337 e. The number of aromatic nitrogens is 1. The summed E-state index contributed by atoms with van der Waals surface area (Å²) >= 11 is 0. The van der Waals surface area contributed by atoms with E-state index in [0.29, 0.717) is 0 Å². The van der Waals surface area contributed by atoms with E-state index < -0.39 is 16.0 Å². The van der Waals surface area contributed by atoms with Crippen LogP contribution in [0.2, 0.25) is 0 Å². The predicted molar refractivity (Wildman–Crippen MR) is 77.6 cm³/mol. The number of hydrogen-bond acceptors (Lipinski definition) is 5. The van der Waals surface area contributed by atoms with E-state index in [1.807, 2.05) is 0 Å². The third-order valence-electron chi connectivity index (χ3n) is 2.88. The van der Waals surface area contributed by atoms with Crippen LogP contribution in [0.5, 0.6) is 0 Å². The number of hydrogen-bond donors (Lipinski definition) is 2. The van der Waals surface area contributed by atoms with Gasteiger partial charge in [-0.1, -0.05) is 0 Å². The van der Waals surface area contributed by atoms with Gasteiger partial charge in [0, 0.05) is 25.1 Å². The maximum atomic E-state index is 12.5. The van der Waals surface area contributed by atoms with Gasteiger partial charge in [0.05, 0.1) is 11.3 Å². The van der Waals surface area contributed by atoms with E-state index in [0.717, 1.165) is 4.31 Å². The van der Waals surface area contributed by atoms with Crippen LogP contribution in [0.15, 0.2) is 47.6 Å². The summed E-state index contributed by atoms with van der Waals surface area (Å²) in [6.07, 6.45) is 2.65. The van der Waals surface area contributed by atoms with Crippen molar-refractivity contribution in [2.24, 2.45) is 0 Å². The summed E-state index contributed by atoms with van der Waals surface area (Å²) in [7, 11) is -2.62. The number of carboxylic acid groups (broad SMARTS) is 1. The van der Waals surface area contributed by atoms with Crippen molar-refractivity contribution >= 4 is 27.4 Å². The van der Waals surface area contributed by atoms with Gasteiger partial charge in [0.15, 0.2) is 0 Å². The zero-order chi connectivity index (χ0) is 15.6. The standard InChI is InChI=1S/C13H13N3O4S/c1-16(21(19,20)10-3-2-6-15-8-10)12-5-4-9(14)7-11(12)13(17)18/h2-8H,14H2,1H3,(H,17,18). The van der Waals surface area contributed by atoms with Gasteiger partial charge < -0.3 is 10.8 Å². The van der Waals surface area contributed by atoms with E-state index in [1.165, 1.54) is 49.8 Å². The highest BCUT2D eigenvalue weighted by atomic mass is 32.2. The number of rotatable bonds is 4. The van der Waals surface area contributed by atoms with Crippen molar-refractivity contribution < 1.29 is 18.3 Å². The molecule has 2 rings (SSSR count). The average molecular weight is 307 g/mol. The topological polar surface area (TPSA) is 114 Å². The summed E-state index contributed by atoms with van der Waals surface area (Å²) in [5.41, 5.74) is 5.62. The Kier molecular flexibility index (Phi) is 3.81. The van der Waals surface area contributed by atoms with E-state index in [1.54, 1.807) is 0 Å². The molecule has 0 aliphatic carbocycles. The molecule has 0 radical (unpaired) electrons. The van der Waals surface area contributed by atoms with Crippen LogP contribution < -0.4 is 10.0 Å². The molecule has 0 aliphatic rings. The Morgan fingerprint density at radius 3 is 2.62 bits per heavy atom. The number of sulfonamides is 1. The molecule has 0 aliphatic heterocycles. The second-order valence-corrected chi connectivity index (χ2v) is 6.21. The quantitative estimate of drug-likeness (QED) is 0.820. The Bertz CT molecular complexity index is 775. The summed E-state index contributed by atoms with van der Waals surface area (Å²) in [6, 6.07) is 6.88. The van der Waals surface area contributed by atoms with Gasteiger partial charge >= 0.3 is 5.97 Å². The molecule has 110 valence electrons. The molecular formula is C13H13N3O4S. The minimum Gasteiger partial charge on any atom is -0.478 e. The van der Waals surface area contributed by atoms with Crippen LogP contribution in [0.3, 0.4) is 0 Å². The van der Waals surface area contributed by atoms with E-state index in [9.17, 15) is 18.3 Å². The van der Waals surface area contributed by atoms with E-state index >= 15 is 0 Å². The third-order valence-corrected chi connectivity index (χ3v) is 4.64. The van der Waals surface area contributed by atoms with Crippen molar-refractivity contribution in [2.45, 2.75) is 4.90 Å². The average Bonchev–Trinajstić information content (AvgIpc) is 2.47. The Morgan fingerprint density at radius 1 is 1.33 bits per heavy atom. The smallest absolute Gasteiger partial charge is 0.337 e. The molecule has 1 heterocycles. The van der Waals surface area contributed by atoms with Crippen molar-refractivity contribution in [1.82, 2.24) is 4.98 Å². The number of nitrogens with two attached hydrogens (primary N) is 1.